The average molecular weight is 295 g/mol. The number of rotatable bonds is 4. The lowest BCUT2D eigenvalue weighted by molar-refractivity contribution is 0.354. The van der Waals surface area contributed by atoms with E-state index in [9.17, 15) is 0 Å². The molecule has 116 valence electrons. The molecular weight excluding hydrogens is 270 g/mol. The van der Waals surface area contributed by atoms with Crippen molar-refractivity contribution in [3.05, 3.63) is 53.6 Å². The van der Waals surface area contributed by atoms with Crippen molar-refractivity contribution in [2.24, 2.45) is 0 Å². The Bertz CT molecular complexity index is 650. The molecule has 0 N–H and O–H groups in total. The molecule has 0 radical (unpaired) electrons. The van der Waals surface area contributed by atoms with Gasteiger partial charge in [0.05, 0.1) is 7.11 Å². The van der Waals surface area contributed by atoms with Crippen molar-refractivity contribution in [1.29, 1.82) is 0 Å². The van der Waals surface area contributed by atoms with E-state index in [1.807, 2.05) is 0 Å². The van der Waals surface area contributed by atoms with Crippen LogP contribution in [0.25, 0.3) is 11.1 Å². The topological polar surface area (TPSA) is 12.5 Å². The van der Waals surface area contributed by atoms with Crippen LogP contribution in [0.4, 0.5) is 0 Å². The normalized spacial score (nSPS) is 18.6. The summed E-state index contributed by atoms with van der Waals surface area (Å²) in [6, 6.07) is 15.3. The van der Waals surface area contributed by atoms with Gasteiger partial charge in [-0.2, -0.15) is 0 Å². The third-order valence-corrected chi connectivity index (χ3v) is 4.77. The van der Waals surface area contributed by atoms with E-state index >= 15 is 0 Å². The molecule has 1 aliphatic heterocycles. The van der Waals surface area contributed by atoms with Gasteiger partial charge in [-0.15, -0.1) is 0 Å². The number of hydrogen-bond acceptors (Lipinski definition) is 2. The van der Waals surface area contributed by atoms with E-state index in [0.717, 1.165) is 12.3 Å². The van der Waals surface area contributed by atoms with Gasteiger partial charge in [0, 0.05) is 12.1 Å². The molecule has 1 saturated heterocycles. The van der Waals surface area contributed by atoms with Crippen LogP contribution in [0.5, 0.6) is 5.75 Å². The molecule has 1 unspecified atom stereocenters. The maximum absolute atomic E-state index is 5.60. The van der Waals surface area contributed by atoms with Crippen molar-refractivity contribution in [3.63, 3.8) is 0 Å². The summed E-state index contributed by atoms with van der Waals surface area (Å²) >= 11 is 0. The Hall–Kier alpha value is -1.80. The second-order valence-electron chi connectivity index (χ2n) is 6.17. The van der Waals surface area contributed by atoms with Crippen LogP contribution < -0.4 is 4.74 Å². The highest BCUT2D eigenvalue weighted by Gasteiger charge is 2.25. The van der Waals surface area contributed by atoms with Gasteiger partial charge in [-0.1, -0.05) is 42.8 Å². The first-order chi connectivity index (χ1) is 10.7. The number of methoxy groups -OCH3 is 1. The van der Waals surface area contributed by atoms with Gasteiger partial charge in [-0.3, -0.25) is 0 Å². The number of aryl methyl sites for hydroxylation is 1. The minimum absolute atomic E-state index is 0.626. The smallest absolute Gasteiger partial charge is 0.126 e. The zero-order chi connectivity index (χ0) is 15.5. The van der Waals surface area contributed by atoms with Gasteiger partial charge >= 0.3 is 0 Å². The van der Waals surface area contributed by atoms with E-state index in [4.69, 9.17) is 4.74 Å². The minimum Gasteiger partial charge on any atom is -0.496 e. The van der Waals surface area contributed by atoms with E-state index in [-0.39, 0.29) is 0 Å². The van der Waals surface area contributed by atoms with E-state index < -0.39 is 0 Å². The Kier molecular flexibility index (Phi) is 4.49. The van der Waals surface area contributed by atoms with Crippen molar-refractivity contribution in [3.8, 4) is 16.9 Å². The number of likely N-dealkylation sites (N-methyl/N-ethyl adjacent to an activating group) is 1. The lowest BCUT2D eigenvalue weighted by atomic mass is 9.89. The standard InChI is InChI=1S/C20H25NO/c1-4-21-12-11-16(14-21)17-7-5-6-8-18(17)19-13-15(2)9-10-20(19)22-3/h5-10,13,16H,4,11-12,14H2,1-3H3. The Labute approximate surface area is 133 Å². The maximum atomic E-state index is 5.60. The number of likely N-dealkylation sites (tertiary alicyclic amines) is 1. The van der Waals surface area contributed by atoms with Gasteiger partial charge in [0.15, 0.2) is 0 Å². The molecule has 0 aromatic heterocycles. The lowest BCUT2D eigenvalue weighted by Crippen LogP contribution is -2.19. The summed E-state index contributed by atoms with van der Waals surface area (Å²) in [5.41, 5.74) is 5.27. The van der Waals surface area contributed by atoms with Crippen molar-refractivity contribution >= 4 is 0 Å². The van der Waals surface area contributed by atoms with E-state index in [2.05, 4.69) is 61.2 Å². The van der Waals surface area contributed by atoms with Crippen LogP contribution in [0.2, 0.25) is 0 Å². The molecule has 22 heavy (non-hydrogen) atoms. The molecule has 1 aliphatic rings. The molecule has 2 heteroatoms. The van der Waals surface area contributed by atoms with Gasteiger partial charge in [-0.25, -0.2) is 0 Å². The Morgan fingerprint density at radius 1 is 1.14 bits per heavy atom. The number of nitrogens with zero attached hydrogens (tertiary/aromatic N) is 1. The molecule has 3 rings (SSSR count). The van der Waals surface area contributed by atoms with Crippen LogP contribution in [-0.4, -0.2) is 31.6 Å². The summed E-state index contributed by atoms with van der Waals surface area (Å²) in [5.74, 6) is 1.59. The minimum atomic E-state index is 0.626. The lowest BCUT2D eigenvalue weighted by Gasteiger charge is -2.19. The number of ether oxygens (including phenoxy) is 1. The van der Waals surface area contributed by atoms with Crippen molar-refractivity contribution in [2.75, 3.05) is 26.7 Å². The number of hydrogen-bond donors (Lipinski definition) is 0. The molecule has 0 spiro atoms. The fourth-order valence-electron chi connectivity index (χ4n) is 3.50. The summed E-state index contributed by atoms with van der Waals surface area (Å²) < 4.78 is 5.60. The first-order valence-corrected chi connectivity index (χ1v) is 8.19. The van der Waals surface area contributed by atoms with Crippen LogP contribution in [0.3, 0.4) is 0 Å². The van der Waals surface area contributed by atoms with Gasteiger partial charge in [-0.05, 0) is 55.6 Å². The quantitative estimate of drug-likeness (QED) is 0.824. The predicted molar refractivity (Wildman–Crippen MR) is 92.6 cm³/mol. The molecular formula is C20H25NO. The number of benzene rings is 2. The molecule has 2 aromatic rings. The van der Waals surface area contributed by atoms with Gasteiger partial charge in [0.25, 0.3) is 0 Å². The molecule has 1 fully saturated rings. The summed E-state index contributed by atoms with van der Waals surface area (Å²) in [7, 11) is 1.76. The zero-order valence-corrected chi connectivity index (χ0v) is 13.8. The highest BCUT2D eigenvalue weighted by Crippen LogP contribution is 2.38. The van der Waals surface area contributed by atoms with Crippen LogP contribution in [0, 0.1) is 6.92 Å². The highest BCUT2D eigenvalue weighted by atomic mass is 16.5. The third-order valence-electron chi connectivity index (χ3n) is 4.77. The Morgan fingerprint density at radius 2 is 1.95 bits per heavy atom. The van der Waals surface area contributed by atoms with Crippen LogP contribution in [0.15, 0.2) is 42.5 Å². The third kappa shape index (κ3) is 2.89. The largest absolute Gasteiger partial charge is 0.496 e. The van der Waals surface area contributed by atoms with Crippen molar-refractivity contribution in [1.82, 2.24) is 4.90 Å². The first kappa shape index (κ1) is 15.1. The van der Waals surface area contributed by atoms with Crippen LogP contribution in [-0.2, 0) is 0 Å². The van der Waals surface area contributed by atoms with Gasteiger partial charge < -0.3 is 9.64 Å². The molecule has 2 aromatic carbocycles. The molecule has 0 amide bonds. The van der Waals surface area contributed by atoms with Crippen molar-refractivity contribution < 1.29 is 4.74 Å². The fraction of sp³-hybridized carbons (Fsp3) is 0.400. The molecule has 1 heterocycles. The summed E-state index contributed by atoms with van der Waals surface area (Å²) in [4.78, 5) is 2.54. The fourth-order valence-corrected chi connectivity index (χ4v) is 3.50. The Balaban J connectivity index is 2.04. The summed E-state index contributed by atoms with van der Waals surface area (Å²) in [6.45, 7) is 7.91. The summed E-state index contributed by atoms with van der Waals surface area (Å²) in [6.07, 6.45) is 1.25. The van der Waals surface area contributed by atoms with Crippen LogP contribution in [0.1, 0.15) is 30.4 Å². The van der Waals surface area contributed by atoms with Crippen LogP contribution >= 0.6 is 0 Å². The molecule has 2 nitrogen and oxygen atoms in total. The van der Waals surface area contributed by atoms with E-state index in [0.29, 0.717) is 5.92 Å². The van der Waals surface area contributed by atoms with E-state index in [1.165, 1.54) is 41.8 Å². The maximum Gasteiger partial charge on any atom is 0.126 e. The predicted octanol–water partition coefficient (Wildman–Crippen LogP) is 4.48. The zero-order valence-electron chi connectivity index (χ0n) is 13.8. The SMILES string of the molecule is CCN1CCC(c2ccccc2-c2cc(C)ccc2OC)C1. The second-order valence-corrected chi connectivity index (χ2v) is 6.17. The molecule has 0 saturated carbocycles. The van der Waals surface area contributed by atoms with Gasteiger partial charge in [0.2, 0.25) is 0 Å². The van der Waals surface area contributed by atoms with Gasteiger partial charge in [0.1, 0.15) is 5.75 Å². The summed E-state index contributed by atoms with van der Waals surface area (Å²) in [5, 5.41) is 0. The second kappa shape index (κ2) is 6.53. The molecule has 0 bridgehead atoms. The molecule has 1 atom stereocenters. The van der Waals surface area contributed by atoms with E-state index in [1.54, 1.807) is 7.11 Å². The Morgan fingerprint density at radius 3 is 2.68 bits per heavy atom. The van der Waals surface area contributed by atoms with Crippen molar-refractivity contribution in [2.45, 2.75) is 26.2 Å². The highest BCUT2D eigenvalue weighted by molar-refractivity contribution is 5.74. The monoisotopic (exact) mass is 295 g/mol. The molecule has 0 aliphatic carbocycles. The first-order valence-electron chi connectivity index (χ1n) is 8.19. The average Bonchev–Trinajstić information content (AvgIpc) is 3.04.